The van der Waals surface area contributed by atoms with E-state index < -0.39 is 0 Å². The largest absolute Gasteiger partial charge is 0.497 e. The van der Waals surface area contributed by atoms with Crippen LogP contribution in [0.5, 0.6) is 11.5 Å². The molecular formula is C23H22N4O5. The molecule has 0 saturated carbocycles. The van der Waals surface area contributed by atoms with Gasteiger partial charge >= 0.3 is 0 Å². The molecular weight excluding hydrogens is 412 g/mol. The van der Waals surface area contributed by atoms with Crippen molar-refractivity contribution < 1.29 is 23.6 Å². The molecule has 164 valence electrons. The lowest BCUT2D eigenvalue weighted by Crippen LogP contribution is -2.38. The molecule has 2 aliphatic heterocycles. The molecule has 1 fully saturated rings. The molecule has 0 N–H and O–H groups in total. The molecule has 9 heteroatoms. The van der Waals surface area contributed by atoms with E-state index in [0.29, 0.717) is 48.2 Å². The van der Waals surface area contributed by atoms with E-state index in [1.54, 1.807) is 23.0 Å². The summed E-state index contributed by atoms with van der Waals surface area (Å²) in [5, 5.41) is 4.12. The average molecular weight is 434 g/mol. The third kappa shape index (κ3) is 3.45. The minimum Gasteiger partial charge on any atom is -0.497 e. The topological polar surface area (TPSA) is 98.0 Å². The van der Waals surface area contributed by atoms with Crippen LogP contribution in [-0.2, 0) is 9.59 Å². The zero-order valence-corrected chi connectivity index (χ0v) is 17.8. The van der Waals surface area contributed by atoms with E-state index in [1.807, 2.05) is 43.3 Å². The second kappa shape index (κ2) is 7.99. The molecule has 5 rings (SSSR count). The summed E-state index contributed by atoms with van der Waals surface area (Å²) < 4.78 is 16.2. The van der Waals surface area contributed by atoms with Crippen molar-refractivity contribution in [2.24, 2.45) is 0 Å². The van der Waals surface area contributed by atoms with Crippen LogP contribution in [0.2, 0.25) is 0 Å². The van der Waals surface area contributed by atoms with Crippen LogP contribution >= 0.6 is 0 Å². The van der Waals surface area contributed by atoms with Gasteiger partial charge in [-0.2, -0.15) is 4.98 Å². The van der Waals surface area contributed by atoms with Crippen molar-refractivity contribution in [3.63, 3.8) is 0 Å². The number of nitrogens with zero attached hydrogens (tertiary/aromatic N) is 4. The molecule has 0 bridgehead atoms. The first-order valence-corrected chi connectivity index (χ1v) is 10.4. The molecule has 1 saturated heterocycles. The predicted molar refractivity (Wildman–Crippen MR) is 116 cm³/mol. The molecule has 2 aromatic carbocycles. The summed E-state index contributed by atoms with van der Waals surface area (Å²) in [6, 6.07) is 12.8. The van der Waals surface area contributed by atoms with E-state index >= 15 is 0 Å². The minimum atomic E-state index is -0.194. The highest BCUT2D eigenvalue weighted by Gasteiger charge is 2.35. The van der Waals surface area contributed by atoms with Crippen molar-refractivity contribution >= 4 is 23.2 Å². The highest BCUT2D eigenvalue weighted by atomic mass is 16.5. The molecule has 0 aliphatic carbocycles. The van der Waals surface area contributed by atoms with Crippen molar-refractivity contribution in [3.8, 4) is 22.9 Å². The third-order valence-corrected chi connectivity index (χ3v) is 5.78. The Morgan fingerprint density at radius 2 is 1.94 bits per heavy atom. The van der Waals surface area contributed by atoms with Gasteiger partial charge in [0.05, 0.1) is 18.7 Å². The number of ether oxygens (including phenoxy) is 2. The van der Waals surface area contributed by atoms with E-state index in [-0.39, 0.29) is 24.3 Å². The first-order chi connectivity index (χ1) is 15.6. The van der Waals surface area contributed by atoms with Crippen LogP contribution in [-0.4, -0.2) is 48.8 Å². The molecule has 0 spiro atoms. The number of carbonyl (C=O) groups is 2. The van der Waals surface area contributed by atoms with Crippen molar-refractivity contribution in [1.29, 1.82) is 0 Å². The van der Waals surface area contributed by atoms with Gasteiger partial charge in [0.1, 0.15) is 11.5 Å². The van der Waals surface area contributed by atoms with Crippen molar-refractivity contribution in [1.82, 2.24) is 10.1 Å². The normalized spacial score (nSPS) is 18.0. The molecule has 0 unspecified atom stereocenters. The summed E-state index contributed by atoms with van der Waals surface area (Å²) in [5.74, 6) is 1.93. The highest BCUT2D eigenvalue weighted by Crippen LogP contribution is 2.36. The fourth-order valence-electron chi connectivity index (χ4n) is 4.09. The molecule has 0 radical (unpaired) electrons. The minimum absolute atomic E-state index is 0.00273. The Labute approximate surface area is 184 Å². The summed E-state index contributed by atoms with van der Waals surface area (Å²) >= 11 is 0. The van der Waals surface area contributed by atoms with Crippen LogP contribution in [0.25, 0.3) is 11.4 Å². The van der Waals surface area contributed by atoms with Crippen molar-refractivity contribution in [3.05, 3.63) is 48.4 Å². The SMILES string of the molecule is CCN1C(=O)COc2ccc(-c3noc([C@@H]4CC(=O)N(c5ccc(OC)cc5)C4)n3)cc21. The van der Waals surface area contributed by atoms with Crippen LogP contribution in [0.15, 0.2) is 47.0 Å². The Kier molecular flexibility index (Phi) is 5.01. The van der Waals surface area contributed by atoms with Crippen LogP contribution in [0, 0.1) is 0 Å². The van der Waals surface area contributed by atoms with E-state index in [4.69, 9.17) is 14.0 Å². The first kappa shape index (κ1) is 20.0. The molecule has 1 aromatic heterocycles. The smallest absolute Gasteiger partial charge is 0.265 e. The maximum atomic E-state index is 12.6. The molecule has 2 amide bonds. The number of amides is 2. The fourth-order valence-corrected chi connectivity index (χ4v) is 4.09. The summed E-state index contributed by atoms with van der Waals surface area (Å²) in [6.07, 6.45) is 0.295. The third-order valence-electron chi connectivity index (χ3n) is 5.78. The number of likely N-dealkylation sites (N-methyl/N-ethyl adjacent to an activating group) is 1. The average Bonchev–Trinajstić information content (AvgIpc) is 3.46. The van der Waals surface area contributed by atoms with Gasteiger partial charge < -0.3 is 23.8 Å². The Morgan fingerprint density at radius 1 is 1.12 bits per heavy atom. The Morgan fingerprint density at radius 3 is 2.69 bits per heavy atom. The van der Waals surface area contributed by atoms with E-state index in [0.717, 1.165) is 11.4 Å². The second-order valence-corrected chi connectivity index (χ2v) is 7.67. The van der Waals surface area contributed by atoms with Gasteiger partial charge in [0, 0.05) is 30.8 Å². The van der Waals surface area contributed by atoms with E-state index in [2.05, 4.69) is 10.1 Å². The van der Waals surface area contributed by atoms with Crippen LogP contribution < -0.4 is 19.3 Å². The van der Waals surface area contributed by atoms with Gasteiger partial charge in [-0.15, -0.1) is 0 Å². The summed E-state index contributed by atoms with van der Waals surface area (Å²) in [6.45, 7) is 2.95. The number of hydrogen-bond acceptors (Lipinski definition) is 7. The van der Waals surface area contributed by atoms with Crippen LogP contribution in [0.3, 0.4) is 0 Å². The first-order valence-electron chi connectivity index (χ1n) is 10.4. The van der Waals surface area contributed by atoms with Gasteiger partial charge in [-0.1, -0.05) is 5.16 Å². The summed E-state index contributed by atoms with van der Waals surface area (Å²) in [5.41, 5.74) is 2.21. The summed E-state index contributed by atoms with van der Waals surface area (Å²) in [4.78, 5) is 32.7. The lowest BCUT2D eigenvalue weighted by molar-refractivity contribution is -0.121. The lowest BCUT2D eigenvalue weighted by atomic mass is 10.1. The number of fused-ring (bicyclic) bond motifs is 1. The quantitative estimate of drug-likeness (QED) is 0.609. The lowest BCUT2D eigenvalue weighted by Gasteiger charge is -2.28. The van der Waals surface area contributed by atoms with E-state index in [9.17, 15) is 9.59 Å². The summed E-state index contributed by atoms with van der Waals surface area (Å²) in [7, 11) is 1.60. The number of hydrogen-bond donors (Lipinski definition) is 0. The number of methoxy groups -OCH3 is 1. The molecule has 9 nitrogen and oxygen atoms in total. The second-order valence-electron chi connectivity index (χ2n) is 7.67. The number of rotatable bonds is 5. The fraction of sp³-hybridized carbons (Fsp3) is 0.304. The van der Waals surface area contributed by atoms with Gasteiger partial charge in [-0.05, 0) is 49.4 Å². The van der Waals surface area contributed by atoms with Crippen LogP contribution in [0.1, 0.15) is 25.2 Å². The number of aromatic nitrogens is 2. The molecule has 2 aliphatic rings. The van der Waals surface area contributed by atoms with Gasteiger partial charge in [-0.3, -0.25) is 9.59 Å². The zero-order valence-electron chi connectivity index (χ0n) is 17.8. The van der Waals surface area contributed by atoms with E-state index in [1.165, 1.54) is 0 Å². The maximum Gasteiger partial charge on any atom is 0.265 e. The molecule has 1 atom stereocenters. The van der Waals surface area contributed by atoms with Crippen LogP contribution in [0.4, 0.5) is 11.4 Å². The Hall–Kier alpha value is -3.88. The van der Waals surface area contributed by atoms with Crippen molar-refractivity contribution in [2.45, 2.75) is 19.3 Å². The number of anilines is 2. The number of benzene rings is 2. The highest BCUT2D eigenvalue weighted by molar-refractivity contribution is 5.98. The van der Waals surface area contributed by atoms with Gasteiger partial charge in [0.25, 0.3) is 5.91 Å². The monoisotopic (exact) mass is 434 g/mol. The Balaban J connectivity index is 1.37. The van der Waals surface area contributed by atoms with Gasteiger partial charge in [-0.25, -0.2) is 0 Å². The molecule has 3 aromatic rings. The molecule has 32 heavy (non-hydrogen) atoms. The Bertz CT molecular complexity index is 1170. The van der Waals surface area contributed by atoms with Crippen molar-refractivity contribution in [2.75, 3.05) is 36.6 Å². The molecule has 3 heterocycles. The number of carbonyl (C=O) groups excluding carboxylic acids is 2. The van der Waals surface area contributed by atoms with Gasteiger partial charge in [0.2, 0.25) is 17.6 Å². The zero-order chi connectivity index (χ0) is 22.2. The maximum absolute atomic E-state index is 12.6. The standard InChI is InChI=1S/C23H22N4O5/c1-3-26-18-10-14(4-9-19(18)31-13-21(26)29)22-24-23(32-25-22)15-11-20(28)27(12-15)16-5-7-17(30-2)8-6-16/h4-10,15H,3,11-13H2,1-2H3/t15-/m1/s1. The predicted octanol–water partition coefficient (Wildman–Crippen LogP) is 3.01. The van der Waals surface area contributed by atoms with Gasteiger partial charge in [0.15, 0.2) is 6.61 Å².